The molecule has 1 aromatic carbocycles. The smallest absolute Gasteiger partial charge is 0.251 e. The monoisotopic (exact) mass is 380 g/mol. The summed E-state index contributed by atoms with van der Waals surface area (Å²) < 4.78 is 27.4. The van der Waals surface area contributed by atoms with Gasteiger partial charge in [0.1, 0.15) is 0 Å². The molecule has 0 radical (unpaired) electrons. The average Bonchev–Trinajstić information content (AvgIpc) is 3.43. The first-order valence-corrected chi connectivity index (χ1v) is 10.8. The van der Waals surface area contributed by atoms with Crippen molar-refractivity contribution in [2.24, 2.45) is 0 Å². The maximum absolute atomic E-state index is 12.5. The fraction of sp³-hybridized carbons (Fsp3) is 0.611. The molecule has 1 amide bonds. The minimum absolute atomic E-state index is 0.0450. The number of nitrogens with one attached hydrogen (secondary N) is 3. The minimum atomic E-state index is -3.55. The molecule has 3 N–H and O–H groups in total. The van der Waals surface area contributed by atoms with Crippen molar-refractivity contribution in [2.45, 2.75) is 37.1 Å². The Balaban J connectivity index is 1.55. The van der Waals surface area contributed by atoms with Gasteiger partial charge in [-0.1, -0.05) is 6.07 Å². The van der Waals surface area contributed by atoms with Gasteiger partial charge in [-0.3, -0.25) is 4.79 Å². The van der Waals surface area contributed by atoms with Crippen LogP contribution in [0.3, 0.4) is 0 Å². The molecular weight excluding hydrogens is 352 g/mol. The topological polar surface area (TPSA) is 90.5 Å². The lowest BCUT2D eigenvalue weighted by Crippen LogP contribution is -2.44. The van der Waals surface area contributed by atoms with Crippen molar-refractivity contribution in [2.75, 3.05) is 39.3 Å². The molecule has 0 aromatic heterocycles. The van der Waals surface area contributed by atoms with Crippen LogP contribution in [0.15, 0.2) is 23.1 Å². The molecule has 1 aliphatic carbocycles. The Bertz CT molecular complexity index is 741. The first-order chi connectivity index (χ1) is 12.5. The first-order valence-electron chi connectivity index (χ1n) is 9.30. The number of hydrogen-bond acceptors (Lipinski definition) is 5. The molecule has 1 saturated carbocycles. The van der Waals surface area contributed by atoms with E-state index in [1.165, 1.54) is 6.07 Å². The van der Waals surface area contributed by atoms with Crippen molar-refractivity contribution < 1.29 is 13.2 Å². The lowest BCUT2D eigenvalue weighted by molar-refractivity contribution is 0.0950. The highest BCUT2D eigenvalue weighted by atomic mass is 32.2. The van der Waals surface area contributed by atoms with Crippen LogP contribution in [-0.4, -0.2) is 64.5 Å². The summed E-state index contributed by atoms with van der Waals surface area (Å²) in [5.74, 6) is -0.216. The van der Waals surface area contributed by atoms with Crippen LogP contribution in [0.5, 0.6) is 0 Å². The number of rotatable bonds is 8. The number of sulfonamides is 1. The quantitative estimate of drug-likeness (QED) is 0.570. The maximum Gasteiger partial charge on any atom is 0.251 e. The van der Waals surface area contributed by atoms with Gasteiger partial charge < -0.3 is 15.5 Å². The van der Waals surface area contributed by atoms with Gasteiger partial charge in [-0.25, -0.2) is 13.1 Å². The van der Waals surface area contributed by atoms with Crippen LogP contribution in [-0.2, 0) is 10.0 Å². The third kappa shape index (κ3) is 5.26. The molecule has 1 aliphatic heterocycles. The van der Waals surface area contributed by atoms with E-state index in [2.05, 4.69) is 20.3 Å². The predicted molar refractivity (Wildman–Crippen MR) is 101 cm³/mol. The summed E-state index contributed by atoms with van der Waals surface area (Å²) in [5, 5.41) is 6.23. The summed E-state index contributed by atoms with van der Waals surface area (Å²) in [7, 11) is -3.55. The second-order valence-corrected chi connectivity index (χ2v) is 8.79. The largest absolute Gasteiger partial charge is 0.352 e. The third-order valence-corrected chi connectivity index (χ3v) is 6.33. The lowest BCUT2D eigenvalue weighted by atomic mass is 10.1. The Morgan fingerprint density at radius 2 is 2.00 bits per heavy atom. The summed E-state index contributed by atoms with van der Waals surface area (Å²) in [6, 6.07) is 4.77. The Hall–Kier alpha value is -1.48. The number of hydrogen-bond donors (Lipinski definition) is 3. The van der Waals surface area contributed by atoms with Gasteiger partial charge in [-0.05, 0) is 50.4 Å². The summed E-state index contributed by atoms with van der Waals surface area (Å²) in [5.41, 5.74) is 1.20. The molecule has 0 bridgehead atoms. The molecule has 0 atom stereocenters. The highest BCUT2D eigenvalue weighted by Crippen LogP contribution is 2.23. The van der Waals surface area contributed by atoms with Crippen molar-refractivity contribution in [1.29, 1.82) is 0 Å². The fourth-order valence-corrected chi connectivity index (χ4v) is 4.37. The molecule has 7 nitrogen and oxygen atoms in total. The zero-order valence-electron chi connectivity index (χ0n) is 15.3. The highest BCUT2D eigenvalue weighted by Gasteiger charge is 2.28. The number of amides is 1. The maximum atomic E-state index is 12.5. The number of carbonyl (C=O) groups excluding carboxylic acids is 1. The lowest BCUT2D eigenvalue weighted by Gasteiger charge is -2.27. The van der Waals surface area contributed by atoms with E-state index in [-0.39, 0.29) is 16.8 Å². The van der Waals surface area contributed by atoms with Gasteiger partial charge in [-0.15, -0.1) is 0 Å². The van der Waals surface area contributed by atoms with Crippen LogP contribution < -0.4 is 15.4 Å². The summed E-state index contributed by atoms with van der Waals surface area (Å²) in [6.45, 7) is 7.48. The number of piperazine rings is 1. The van der Waals surface area contributed by atoms with E-state index in [0.717, 1.165) is 57.5 Å². The normalized spacial score (nSPS) is 18.7. The molecule has 1 heterocycles. The van der Waals surface area contributed by atoms with Crippen LogP contribution in [0.1, 0.15) is 35.2 Å². The number of nitrogens with zero attached hydrogens (tertiary/aromatic N) is 1. The van der Waals surface area contributed by atoms with Crippen LogP contribution >= 0.6 is 0 Å². The van der Waals surface area contributed by atoms with E-state index in [1.54, 1.807) is 12.1 Å². The van der Waals surface area contributed by atoms with Crippen LogP contribution in [0, 0.1) is 6.92 Å². The van der Waals surface area contributed by atoms with Gasteiger partial charge in [-0.2, -0.15) is 0 Å². The van der Waals surface area contributed by atoms with E-state index in [0.29, 0.717) is 12.1 Å². The Labute approximate surface area is 155 Å². The number of benzene rings is 1. The standard InChI is InChI=1S/C18H28N4O3S/c1-14-3-6-16(26(24,25)21-15-4-5-15)13-17(14)18(23)20-7-2-10-22-11-8-19-9-12-22/h3,6,13,15,19,21H,2,4-5,7-12H2,1H3,(H,20,23). The molecule has 1 saturated heterocycles. The molecule has 3 rings (SSSR count). The molecule has 26 heavy (non-hydrogen) atoms. The number of aryl methyl sites for hydroxylation is 1. The number of carbonyl (C=O) groups is 1. The molecule has 2 aliphatic rings. The van der Waals surface area contributed by atoms with Crippen molar-refractivity contribution >= 4 is 15.9 Å². The van der Waals surface area contributed by atoms with E-state index in [9.17, 15) is 13.2 Å². The highest BCUT2D eigenvalue weighted by molar-refractivity contribution is 7.89. The van der Waals surface area contributed by atoms with Gasteiger partial charge >= 0.3 is 0 Å². The molecule has 8 heteroatoms. The third-order valence-electron chi connectivity index (χ3n) is 4.81. The molecule has 2 fully saturated rings. The zero-order valence-corrected chi connectivity index (χ0v) is 16.1. The Morgan fingerprint density at radius 3 is 2.69 bits per heavy atom. The second kappa shape index (κ2) is 8.47. The van der Waals surface area contributed by atoms with Gasteiger partial charge in [0.15, 0.2) is 0 Å². The SMILES string of the molecule is Cc1ccc(S(=O)(=O)NC2CC2)cc1C(=O)NCCCN1CCNCC1. The summed E-state index contributed by atoms with van der Waals surface area (Å²) in [4.78, 5) is 15.0. The molecular formula is C18H28N4O3S. The molecule has 144 valence electrons. The zero-order chi connectivity index (χ0) is 18.6. The van der Waals surface area contributed by atoms with Crippen molar-refractivity contribution in [3.63, 3.8) is 0 Å². The van der Waals surface area contributed by atoms with Crippen molar-refractivity contribution in [1.82, 2.24) is 20.3 Å². The van der Waals surface area contributed by atoms with Crippen LogP contribution in [0.4, 0.5) is 0 Å². The molecule has 0 unspecified atom stereocenters. The minimum Gasteiger partial charge on any atom is -0.352 e. The van der Waals surface area contributed by atoms with Gasteiger partial charge in [0.2, 0.25) is 10.0 Å². The van der Waals surface area contributed by atoms with Gasteiger partial charge in [0, 0.05) is 44.3 Å². The van der Waals surface area contributed by atoms with Gasteiger partial charge in [0.25, 0.3) is 5.91 Å². The predicted octanol–water partition coefficient (Wildman–Crippen LogP) is 0.461. The fourth-order valence-electron chi connectivity index (χ4n) is 3.04. The average molecular weight is 381 g/mol. The molecule has 1 aromatic rings. The van der Waals surface area contributed by atoms with E-state index < -0.39 is 10.0 Å². The summed E-state index contributed by atoms with van der Waals surface area (Å²) in [6.07, 6.45) is 2.64. The van der Waals surface area contributed by atoms with Crippen molar-refractivity contribution in [3.05, 3.63) is 29.3 Å². The Morgan fingerprint density at radius 1 is 1.27 bits per heavy atom. The van der Waals surface area contributed by atoms with E-state index >= 15 is 0 Å². The van der Waals surface area contributed by atoms with Crippen LogP contribution in [0.25, 0.3) is 0 Å². The second-order valence-electron chi connectivity index (χ2n) is 7.07. The first kappa shape index (κ1) is 19.3. The van der Waals surface area contributed by atoms with Crippen molar-refractivity contribution in [3.8, 4) is 0 Å². The van der Waals surface area contributed by atoms with E-state index in [4.69, 9.17) is 0 Å². The van der Waals surface area contributed by atoms with E-state index in [1.807, 2.05) is 6.92 Å². The molecule has 0 spiro atoms. The van der Waals surface area contributed by atoms with Gasteiger partial charge in [0.05, 0.1) is 4.90 Å². The summed E-state index contributed by atoms with van der Waals surface area (Å²) >= 11 is 0. The van der Waals surface area contributed by atoms with Crippen LogP contribution in [0.2, 0.25) is 0 Å². The Kier molecular flexibility index (Phi) is 6.29.